The minimum Gasteiger partial charge on any atom is -0.497 e. The van der Waals surface area contributed by atoms with Crippen LogP contribution in [0, 0.1) is 0 Å². The molecule has 1 heterocycles. The molecule has 1 aliphatic rings. The van der Waals surface area contributed by atoms with Gasteiger partial charge in [-0.05, 0) is 12.1 Å². The van der Waals surface area contributed by atoms with Gasteiger partial charge in [-0.3, -0.25) is 4.79 Å². The van der Waals surface area contributed by atoms with Gasteiger partial charge in [-0.25, -0.2) is 4.79 Å². The first-order valence-electron chi connectivity index (χ1n) is 5.11. The molecule has 1 atom stereocenters. The van der Waals surface area contributed by atoms with Crippen LogP contribution >= 0.6 is 0 Å². The molecule has 5 nitrogen and oxygen atoms in total. The van der Waals surface area contributed by atoms with Gasteiger partial charge in [0.25, 0.3) is 0 Å². The summed E-state index contributed by atoms with van der Waals surface area (Å²) in [6.45, 7) is 0. The van der Waals surface area contributed by atoms with E-state index in [0.29, 0.717) is 17.1 Å². The van der Waals surface area contributed by atoms with E-state index < -0.39 is 12.1 Å². The summed E-state index contributed by atoms with van der Waals surface area (Å²) in [5.41, 5.74) is 0.464. The van der Waals surface area contributed by atoms with Gasteiger partial charge in [0.15, 0.2) is 5.78 Å². The molecule has 0 unspecified atom stereocenters. The number of carbonyl (C=O) groups excluding carboxylic acids is 2. The van der Waals surface area contributed by atoms with Crippen LogP contribution < -0.4 is 9.47 Å². The van der Waals surface area contributed by atoms with Crippen molar-refractivity contribution in [2.45, 2.75) is 12.5 Å². The first-order valence-corrected chi connectivity index (χ1v) is 5.11. The number of ether oxygens (including phenoxy) is 3. The molecule has 90 valence electrons. The average Bonchev–Trinajstić information content (AvgIpc) is 2.36. The van der Waals surface area contributed by atoms with Crippen molar-refractivity contribution in [1.29, 1.82) is 0 Å². The van der Waals surface area contributed by atoms with Crippen LogP contribution in [0.5, 0.6) is 11.5 Å². The van der Waals surface area contributed by atoms with Gasteiger partial charge in [-0.15, -0.1) is 0 Å². The molecule has 2 rings (SSSR count). The number of ketones is 1. The van der Waals surface area contributed by atoms with Crippen LogP contribution in [0.2, 0.25) is 0 Å². The molecule has 0 spiro atoms. The predicted molar refractivity (Wildman–Crippen MR) is 58.4 cm³/mol. The lowest BCUT2D eigenvalue weighted by Crippen LogP contribution is -2.34. The van der Waals surface area contributed by atoms with E-state index in [2.05, 4.69) is 4.74 Å². The van der Waals surface area contributed by atoms with Gasteiger partial charge in [-0.2, -0.15) is 0 Å². The molecule has 0 aromatic heterocycles. The molecule has 1 aromatic rings. The standard InChI is InChI=1S/C12H12O5/c1-15-7-3-4-8-9(13)6-11(12(14)16-2)17-10(8)5-7/h3-5,11H,6H2,1-2H3/t11-/m1/s1. The number of methoxy groups -OCH3 is 2. The van der Waals surface area contributed by atoms with E-state index in [4.69, 9.17) is 9.47 Å². The van der Waals surface area contributed by atoms with Crippen LogP contribution in [-0.4, -0.2) is 32.1 Å². The Bertz CT molecular complexity index is 466. The second-order valence-corrected chi connectivity index (χ2v) is 3.62. The molecular weight excluding hydrogens is 224 g/mol. The van der Waals surface area contributed by atoms with Gasteiger partial charge in [0.2, 0.25) is 6.10 Å². The maximum absolute atomic E-state index is 11.8. The predicted octanol–water partition coefficient (Wildman–Crippen LogP) is 1.20. The molecule has 0 aliphatic carbocycles. The number of carbonyl (C=O) groups is 2. The first-order chi connectivity index (χ1) is 8.15. The Morgan fingerprint density at radius 2 is 2.18 bits per heavy atom. The van der Waals surface area contributed by atoms with Crippen molar-refractivity contribution in [3.63, 3.8) is 0 Å². The van der Waals surface area contributed by atoms with Crippen molar-refractivity contribution in [3.05, 3.63) is 23.8 Å². The van der Waals surface area contributed by atoms with Gasteiger partial charge in [0, 0.05) is 6.07 Å². The van der Waals surface area contributed by atoms with E-state index in [1.807, 2.05) is 0 Å². The van der Waals surface area contributed by atoms with Crippen molar-refractivity contribution in [2.24, 2.45) is 0 Å². The van der Waals surface area contributed by atoms with E-state index in [1.165, 1.54) is 14.2 Å². The average molecular weight is 236 g/mol. The SMILES string of the molecule is COC(=O)[C@H]1CC(=O)c2ccc(OC)cc2O1. The molecule has 0 saturated carbocycles. The number of hydrogen-bond acceptors (Lipinski definition) is 5. The summed E-state index contributed by atoms with van der Waals surface area (Å²) in [7, 11) is 2.78. The minimum atomic E-state index is -0.868. The highest BCUT2D eigenvalue weighted by atomic mass is 16.6. The zero-order valence-corrected chi connectivity index (χ0v) is 9.56. The highest BCUT2D eigenvalue weighted by Gasteiger charge is 2.32. The summed E-state index contributed by atoms with van der Waals surface area (Å²) in [6, 6.07) is 4.89. The Morgan fingerprint density at radius 3 is 2.82 bits per heavy atom. The van der Waals surface area contributed by atoms with Crippen LogP contribution in [0.1, 0.15) is 16.8 Å². The molecule has 1 aromatic carbocycles. The van der Waals surface area contributed by atoms with Crippen LogP contribution in [0.3, 0.4) is 0 Å². The van der Waals surface area contributed by atoms with Crippen LogP contribution in [0.4, 0.5) is 0 Å². The molecule has 0 bridgehead atoms. The zero-order valence-electron chi connectivity index (χ0n) is 9.56. The lowest BCUT2D eigenvalue weighted by Gasteiger charge is -2.23. The molecule has 1 aliphatic heterocycles. The fraction of sp³-hybridized carbons (Fsp3) is 0.333. The molecule has 0 N–H and O–H groups in total. The Morgan fingerprint density at radius 1 is 1.41 bits per heavy atom. The Kier molecular flexibility index (Phi) is 2.99. The van der Waals surface area contributed by atoms with Crippen LogP contribution in [-0.2, 0) is 9.53 Å². The maximum atomic E-state index is 11.8. The molecule has 0 amide bonds. The van der Waals surface area contributed by atoms with Gasteiger partial charge in [0.1, 0.15) is 11.5 Å². The number of hydrogen-bond donors (Lipinski definition) is 0. The maximum Gasteiger partial charge on any atom is 0.347 e. The highest BCUT2D eigenvalue weighted by Crippen LogP contribution is 2.31. The second-order valence-electron chi connectivity index (χ2n) is 3.62. The fourth-order valence-corrected chi connectivity index (χ4v) is 1.69. The summed E-state index contributed by atoms with van der Waals surface area (Å²) in [4.78, 5) is 23.1. The molecule has 5 heteroatoms. The number of rotatable bonds is 2. The van der Waals surface area contributed by atoms with Gasteiger partial charge in [0.05, 0.1) is 26.2 Å². The third-order valence-electron chi connectivity index (χ3n) is 2.59. The third-order valence-corrected chi connectivity index (χ3v) is 2.59. The molecule has 17 heavy (non-hydrogen) atoms. The quantitative estimate of drug-likeness (QED) is 0.722. The van der Waals surface area contributed by atoms with Gasteiger partial charge >= 0.3 is 5.97 Å². The number of Topliss-reactive ketones (excluding diaryl/α,β-unsaturated/α-hetero) is 1. The second kappa shape index (κ2) is 4.45. The van der Waals surface area contributed by atoms with Crippen molar-refractivity contribution < 1.29 is 23.8 Å². The van der Waals surface area contributed by atoms with E-state index in [0.717, 1.165) is 0 Å². The van der Waals surface area contributed by atoms with Crippen molar-refractivity contribution >= 4 is 11.8 Å². The first kappa shape index (κ1) is 11.4. The Labute approximate surface area is 98.3 Å². The lowest BCUT2D eigenvalue weighted by atomic mass is 10.0. The summed E-state index contributed by atoms with van der Waals surface area (Å²) in [6.07, 6.45) is -0.862. The van der Waals surface area contributed by atoms with E-state index in [1.54, 1.807) is 18.2 Å². The van der Waals surface area contributed by atoms with Gasteiger partial charge < -0.3 is 14.2 Å². The molecule has 0 radical (unpaired) electrons. The molecule has 0 saturated heterocycles. The summed E-state index contributed by atoms with van der Waals surface area (Å²) in [5, 5.41) is 0. The Hall–Kier alpha value is -2.04. The lowest BCUT2D eigenvalue weighted by molar-refractivity contribution is -0.149. The van der Waals surface area contributed by atoms with E-state index >= 15 is 0 Å². The number of fused-ring (bicyclic) bond motifs is 1. The molecule has 0 fully saturated rings. The van der Waals surface area contributed by atoms with Crippen LogP contribution in [0.25, 0.3) is 0 Å². The summed E-state index contributed by atoms with van der Waals surface area (Å²) >= 11 is 0. The fourth-order valence-electron chi connectivity index (χ4n) is 1.69. The van der Waals surface area contributed by atoms with Crippen molar-refractivity contribution in [3.8, 4) is 11.5 Å². The summed E-state index contributed by atoms with van der Waals surface area (Å²) in [5.74, 6) is 0.245. The molecular formula is C12H12O5. The zero-order chi connectivity index (χ0) is 12.4. The minimum absolute atomic E-state index is 0.00595. The monoisotopic (exact) mass is 236 g/mol. The van der Waals surface area contributed by atoms with Crippen molar-refractivity contribution in [1.82, 2.24) is 0 Å². The normalized spacial score (nSPS) is 18.0. The van der Waals surface area contributed by atoms with E-state index in [-0.39, 0.29) is 12.2 Å². The smallest absolute Gasteiger partial charge is 0.347 e. The topological polar surface area (TPSA) is 61.8 Å². The number of benzene rings is 1. The van der Waals surface area contributed by atoms with E-state index in [9.17, 15) is 9.59 Å². The highest BCUT2D eigenvalue weighted by molar-refractivity contribution is 6.02. The largest absolute Gasteiger partial charge is 0.497 e. The summed E-state index contributed by atoms with van der Waals surface area (Å²) < 4.78 is 15.0. The number of esters is 1. The Balaban J connectivity index is 2.33. The van der Waals surface area contributed by atoms with Crippen molar-refractivity contribution in [2.75, 3.05) is 14.2 Å². The van der Waals surface area contributed by atoms with Crippen LogP contribution in [0.15, 0.2) is 18.2 Å². The third kappa shape index (κ3) is 2.08. The van der Waals surface area contributed by atoms with Gasteiger partial charge in [-0.1, -0.05) is 0 Å².